The van der Waals surface area contributed by atoms with E-state index >= 15 is 0 Å². The van der Waals surface area contributed by atoms with Crippen LogP contribution in [0.15, 0.2) is 6.33 Å². The Hall–Kier alpha value is -1.01. The van der Waals surface area contributed by atoms with Gasteiger partial charge in [-0.15, -0.1) is 0 Å². The molecule has 0 unspecified atom stereocenters. The molecule has 1 aromatic rings. The van der Waals surface area contributed by atoms with Crippen LogP contribution in [-0.2, 0) is 24.2 Å². The summed E-state index contributed by atoms with van der Waals surface area (Å²) in [5, 5.41) is 3.23. The fourth-order valence-corrected chi connectivity index (χ4v) is 1.83. The maximum atomic E-state index is 11.8. The lowest BCUT2D eigenvalue weighted by atomic mass is 10.2. The highest BCUT2D eigenvalue weighted by Gasteiger charge is 2.14. The number of ether oxygens (including phenoxy) is 1. The molecule has 2 rings (SSSR count). The molecule has 1 N–H and O–H groups in total. The molecular weight excluding hydrogens is 216 g/mol. The number of fused-ring (bicyclic) bond motifs is 1. The molecule has 4 nitrogen and oxygen atoms in total. The van der Waals surface area contributed by atoms with E-state index in [1.54, 1.807) is 6.33 Å². The summed E-state index contributed by atoms with van der Waals surface area (Å²) in [5.74, 6) is 0. The first-order valence-electron chi connectivity index (χ1n) is 5.37. The van der Waals surface area contributed by atoms with E-state index in [-0.39, 0.29) is 0 Å². The van der Waals surface area contributed by atoms with Crippen molar-refractivity contribution in [1.29, 1.82) is 0 Å². The molecule has 0 amide bonds. The fourth-order valence-electron chi connectivity index (χ4n) is 1.83. The molecule has 0 spiro atoms. The molecule has 1 aliphatic heterocycles. The Labute approximate surface area is 92.6 Å². The van der Waals surface area contributed by atoms with Crippen LogP contribution in [0.5, 0.6) is 0 Å². The molecule has 0 saturated carbocycles. The molecule has 0 aliphatic carbocycles. The number of hydrogen-bond donors (Lipinski definition) is 1. The lowest BCUT2D eigenvalue weighted by Gasteiger charge is -2.15. The Kier molecular flexibility index (Phi) is 3.84. The van der Waals surface area contributed by atoms with E-state index in [0.29, 0.717) is 13.2 Å². The van der Waals surface area contributed by atoms with Gasteiger partial charge in [0.15, 0.2) is 0 Å². The van der Waals surface area contributed by atoms with E-state index in [9.17, 15) is 8.78 Å². The number of alkyl halides is 2. The Morgan fingerprint density at radius 2 is 2.44 bits per heavy atom. The molecule has 0 bridgehead atoms. The second-order valence-corrected chi connectivity index (χ2v) is 3.72. The van der Waals surface area contributed by atoms with Crippen LogP contribution in [0.4, 0.5) is 8.78 Å². The van der Waals surface area contributed by atoms with Gasteiger partial charge in [-0.05, 0) is 0 Å². The molecule has 1 aliphatic rings. The van der Waals surface area contributed by atoms with Gasteiger partial charge in [-0.3, -0.25) is 0 Å². The van der Waals surface area contributed by atoms with Crippen LogP contribution >= 0.6 is 0 Å². The van der Waals surface area contributed by atoms with Crippen molar-refractivity contribution in [2.75, 3.05) is 19.8 Å². The second kappa shape index (κ2) is 5.36. The molecular formula is C10H15F2N3O. The van der Waals surface area contributed by atoms with Crippen molar-refractivity contribution < 1.29 is 13.5 Å². The van der Waals surface area contributed by atoms with E-state index in [1.807, 2.05) is 4.57 Å². The predicted octanol–water partition coefficient (Wildman–Crippen LogP) is 0.810. The van der Waals surface area contributed by atoms with Crippen LogP contribution in [0, 0.1) is 0 Å². The summed E-state index contributed by atoms with van der Waals surface area (Å²) in [6.45, 7) is 2.14. The van der Waals surface area contributed by atoms with Crippen LogP contribution in [0.3, 0.4) is 0 Å². The van der Waals surface area contributed by atoms with Crippen LogP contribution < -0.4 is 5.32 Å². The Morgan fingerprint density at radius 1 is 1.56 bits per heavy atom. The van der Waals surface area contributed by atoms with Gasteiger partial charge in [0, 0.05) is 31.7 Å². The number of nitrogens with zero attached hydrogens (tertiary/aromatic N) is 2. The van der Waals surface area contributed by atoms with Crippen molar-refractivity contribution in [3.05, 3.63) is 17.7 Å². The molecule has 0 radical (unpaired) electrons. The number of aromatic nitrogens is 2. The number of halogens is 2. The minimum atomic E-state index is -2.39. The van der Waals surface area contributed by atoms with Gasteiger partial charge < -0.3 is 14.6 Å². The first-order valence-corrected chi connectivity index (χ1v) is 5.37. The van der Waals surface area contributed by atoms with E-state index in [1.165, 1.54) is 5.69 Å². The molecule has 1 aromatic heterocycles. The topological polar surface area (TPSA) is 39.1 Å². The molecule has 0 fully saturated rings. The average Bonchev–Trinajstić information content (AvgIpc) is 2.68. The standard InChI is InChI=1S/C10H15F2N3O/c11-10(12)6-16-4-3-15-7-14-8-5-13-2-1-9(8)15/h7,10,13H,1-6H2. The summed E-state index contributed by atoms with van der Waals surface area (Å²) < 4.78 is 30.5. The monoisotopic (exact) mass is 231 g/mol. The largest absolute Gasteiger partial charge is 0.374 e. The van der Waals surface area contributed by atoms with Gasteiger partial charge in [0.25, 0.3) is 6.43 Å². The van der Waals surface area contributed by atoms with Crippen molar-refractivity contribution in [3.63, 3.8) is 0 Å². The Morgan fingerprint density at radius 3 is 3.25 bits per heavy atom. The lowest BCUT2D eigenvalue weighted by Crippen LogP contribution is -2.25. The molecule has 16 heavy (non-hydrogen) atoms. The number of nitrogens with one attached hydrogen (secondary N) is 1. The zero-order valence-corrected chi connectivity index (χ0v) is 8.96. The summed E-state index contributed by atoms with van der Waals surface area (Å²) in [7, 11) is 0. The Balaban J connectivity index is 1.83. The third kappa shape index (κ3) is 2.76. The van der Waals surface area contributed by atoms with Gasteiger partial charge in [-0.2, -0.15) is 0 Å². The van der Waals surface area contributed by atoms with Gasteiger partial charge in [-0.1, -0.05) is 0 Å². The van der Waals surface area contributed by atoms with Gasteiger partial charge >= 0.3 is 0 Å². The summed E-state index contributed by atoms with van der Waals surface area (Å²) in [5.41, 5.74) is 2.25. The normalized spacial score (nSPS) is 15.4. The number of imidazole rings is 1. The zero-order valence-electron chi connectivity index (χ0n) is 8.96. The second-order valence-electron chi connectivity index (χ2n) is 3.72. The van der Waals surface area contributed by atoms with Crippen molar-refractivity contribution in [2.24, 2.45) is 0 Å². The summed E-state index contributed by atoms with van der Waals surface area (Å²) >= 11 is 0. The highest BCUT2D eigenvalue weighted by atomic mass is 19.3. The quantitative estimate of drug-likeness (QED) is 0.762. The van der Waals surface area contributed by atoms with E-state index < -0.39 is 13.0 Å². The van der Waals surface area contributed by atoms with Gasteiger partial charge in [0.2, 0.25) is 0 Å². The highest BCUT2D eigenvalue weighted by Crippen LogP contribution is 2.11. The van der Waals surface area contributed by atoms with E-state index in [2.05, 4.69) is 10.3 Å². The number of hydrogen-bond acceptors (Lipinski definition) is 3. The molecule has 6 heteroatoms. The third-order valence-electron chi connectivity index (χ3n) is 2.58. The van der Waals surface area contributed by atoms with Crippen molar-refractivity contribution in [1.82, 2.24) is 14.9 Å². The van der Waals surface area contributed by atoms with Crippen LogP contribution in [0.1, 0.15) is 11.4 Å². The van der Waals surface area contributed by atoms with Crippen molar-refractivity contribution in [3.8, 4) is 0 Å². The van der Waals surface area contributed by atoms with Crippen molar-refractivity contribution in [2.45, 2.75) is 25.9 Å². The molecule has 0 saturated heterocycles. The highest BCUT2D eigenvalue weighted by molar-refractivity contribution is 5.16. The van der Waals surface area contributed by atoms with Gasteiger partial charge in [0.1, 0.15) is 6.61 Å². The summed E-state index contributed by atoms with van der Waals surface area (Å²) in [6.07, 6.45) is 0.300. The zero-order chi connectivity index (χ0) is 11.4. The molecule has 90 valence electrons. The minimum absolute atomic E-state index is 0.306. The molecule has 2 heterocycles. The molecule has 0 atom stereocenters. The maximum absolute atomic E-state index is 11.8. The first kappa shape index (κ1) is 11.5. The Bertz CT molecular complexity index is 341. The summed E-state index contributed by atoms with van der Waals surface area (Å²) in [6, 6.07) is 0. The average molecular weight is 231 g/mol. The van der Waals surface area contributed by atoms with Crippen LogP contribution in [0.2, 0.25) is 0 Å². The van der Waals surface area contributed by atoms with Gasteiger partial charge in [-0.25, -0.2) is 13.8 Å². The fraction of sp³-hybridized carbons (Fsp3) is 0.700. The van der Waals surface area contributed by atoms with Gasteiger partial charge in [0.05, 0.1) is 18.6 Å². The van der Waals surface area contributed by atoms with Crippen LogP contribution in [0.25, 0.3) is 0 Å². The van der Waals surface area contributed by atoms with E-state index in [0.717, 1.165) is 25.2 Å². The molecule has 0 aromatic carbocycles. The number of rotatable bonds is 5. The predicted molar refractivity (Wildman–Crippen MR) is 54.5 cm³/mol. The van der Waals surface area contributed by atoms with Crippen LogP contribution in [-0.4, -0.2) is 35.7 Å². The first-order chi connectivity index (χ1) is 7.77. The smallest absolute Gasteiger partial charge is 0.261 e. The minimum Gasteiger partial charge on any atom is -0.374 e. The van der Waals surface area contributed by atoms with E-state index in [4.69, 9.17) is 4.74 Å². The third-order valence-corrected chi connectivity index (χ3v) is 2.58. The summed E-state index contributed by atoms with van der Waals surface area (Å²) in [4.78, 5) is 4.27. The lowest BCUT2D eigenvalue weighted by molar-refractivity contribution is 0.0146. The maximum Gasteiger partial charge on any atom is 0.261 e. The van der Waals surface area contributed by atoms with Crippen molar-refractivity contribution >= 4 is 0 Å². The SMILES string of the molecule is FC(F)COCCn1cnc2c1CCNC2.